The molecule has 0 saturated carbocycles. The van der Waals surface area contributed by atoms with Crippen LogP contribution in [0.3, 0.4) is 0 Å². The minimum Gasteiger partial charge on any atom is -0.484 e. The van der Waals surface area contributed by atoms with Crippen molar-refractivity contribution in [2.45, 2.75) is 26.7 Å². The third-order valence-corrected chi connectivity index (χ3v) is 5.12. The second-order valence-electron chi connectivity index (χ2n) is 6.85. The van der Waals surface area contributed by atoms with Crippen molar-refractivity contribution < 1.29 is 14.5 Å². The van der Waals surface area contributed by atoms with Gasteiger partial charge in [0.15, 0.2) is 11.7 Å². The number of rotatable bonds is 7. The lowest BCUT2D eigenvalue weighted by Gasteiger charge is -2.12. The van der Waals surface area contributed by atoms with Crippen molar-refractivity contribution in [2.75, 3.05) is 11.9 Å². The molecule has 0 bridgehead atoms. The number of carbonyl (C=O) groups is 1. The molecule has 2 aromatic carbocycles. The van der Waals surface area contributed by atoms with Crippen molar-refractivity contribution in [3.8, 4) is 17.0 Å². The molecule has 7 nitrogen and oxygen atoms in total. The number of nitrogens with one attached hydrogen (secondary N) is 1. The number of hydrogen-bond acceptors (Lipinski definition) is 6. The maximum absolute atomic E-state index is 12.2. The number of hydrogen-bond donors (Lipinski definition) is 1. The number of aromatic nitrogens is 1. The summed E-state index contributed by atoms with van der Waals surface area (Å²) >= 11 is 1.28. The highest BCUT2D eigenvalue weighted by Crippen LogP contribution is 2.27. The number of anilines is 1. The molecule has 3 aromatic rings. The van der Waals surface area contributed by atoms with E-state index in [1.54, 1.807) is 17.5 Å². The van der Waals surface area contributed by atoms with Gasteiger partial charge < -0.3 is 4.74 Å². The Balaban J connectivity index is 1.57. The number of benzene rings is 2. The van der Waals surface area contributed by atoms with Crippen LogP contribution in [0.25, 0.3) is 11.3 Å². The van der Waals surface area contributed by atoms with Crippen LogP contribution in [0.5, 0.6) is 5.75 Å². The summed E-state index contributed by atoms with van der Waals surface area (Å²) in [7, 11) is 0. The van der Waals surface area contributed by atoms with E-state index < -0.39 is 4.92 Å². The smallest absolute Gasteiger partial charge is 0.269 e. The summed E-state index contributed by atoms with van der Waals surface area (Å²) in [5, 5.41) is 15.7. The average molecular weight is 411 g/mol. The van der Waals surface area contributed by atoms with Gasteiger partial charge in [0.25, 0.3) is 11.6 Å². The summed E-state index contributed by atoms with van der Waals surface area (Å²) in [5.74, 6) is 0.773. The fourth-order valence-corrected chi connectivity index (χ4v) is 3.64. The van der Waals surface area contributed by atoms with Gasteiger partial charge in [-0.25, -0.2) is 4.98 Å². The average Bonchev–Trinajstić information content (AvgIpc) is 3.14. The predicted octanol–water partition coefficient (Wildman–Crippen LogP) is 5.17. The number of aryl methyl sites for hydroxylation is 1. The van der Waals surface area contributed by atoms with E-state index in [9.17, 15) is 14.9 Å². The van der Waals surface area contributed by atoms with Crippen LogP contribution in [0.15, 0.2) is 47.8 Å². The van der Waals surface area contributed by atoms with Crippen LogP contribution in [0.2, 0.25) is 0 Å². The zero-order valence-electron chi connectivity index (χ0n) is 16.3. The van der Waals surface area contributed by atoms with Gasteiger partial charge in [-0.15, -0.1) is 11.3 Å². The zero-order chi connectivity index (χ0) is 21.0. The van der Waals surface area contributed by atoms with Crippen LogP contribution in [0, 0.1) is 17.0 Å². The Labute approximate surface area is 172 Å². The number of carbonyl (C=O) groups excluding carboxylic acids is 1. The maximum atomic E-state index is 12.2. The maximum Gasteiger partial charge on any atom is 0.269 e. The normalized spacial score (nSPS) is 10.8. The lowest BCUT2D eigenvalue weighted by molar-refractivity contribution is -0.384. The summed E-state index contributed by atoms with van der Waals surface area (Å²) in [6.45, 7) is 6.18. The van der Waals surface area contributed by atoms with Crippen LogP contribution in [0.4, 0.5) is 10.8 Å². The van der Waals surface area contributed by atoms with Crippen LogP contribution in [-0.4, -0.2) is 22.4 Å². The van der Waals surface area contributed by atoms with Crippen LogP contribution < -0.4 is 10.1 Å². The fraction of sp³-hybridized carbons (Fsp3) is 0.238. The van der Waals surface area contributed by atoms with Gasteiger partial charge in [0.05, 0.1) is 10.6 Å². The highest BCUT2D eigenvalue weighted by atomic mass is 32.1. The van der Waals surface area contributed by atoms with E-state index in [0.29, 0.717) is 22.5 Å². The molecule has 0 aliphatic carbocycles. The highest BCUT2D eigenvalue weighted by Gasteiger charge is 2.11. The zero-order valence-corrected chi connectivity index (χ0v) is 17.2. The minimum atomic E-state index is -0.450. The standard InChI is InChI=1S/C21H21N3O4S/c1-13(2)18-9-8-17(10-14(18)3)28-11-20(25)23-21-22-19(12-29-21)15-4-6-16(7-5-15)24(26)27/h4-10,12-13H,11H2,1-3H3,(H,22,23,25). The summed E-state index contributed by atoms with van der Waals surface area (Å²) in [6.07, 6.45) is 0. The molecular formula is C21H21N3O4S. The fourth-order valence-electron chi connectivity index (χ4n) is 2.91. The van der Waals surface area contributed by atoms with E-state index in [4.69, 9.17) is 4.74 Å². The van der Waals surface area contributed by atoms with Gasteiger partial charge in [0, 0.05) is 23.1 Å². The van der Waals surface area contributed by atoms with Gasteiger partial charge in [-0.05, 0) is 48.2 Å². The van der Waals surface area contributed by atoms with Crippen LogP contribution in [0.1, 0.15) is 30.9 Å². The van der Waals surface area contributed by atoms with Crippen molar-refractivity contribution in [1.82, 2.24) is 4.98 Å². The van der Waals surface area contributed by atoms with Gasteiger partial charge in [-0.3, -0.25) is 20.2 Å². The largest absolute Gasteiger partial charge is 0.484 e. The van der Waals surface area contributed by atoms with Crippen molar-refractivity contribution in [3.05, 3.63) is 69.1 Å². The Hall–Kier alpha value is -3.26. The molecule has 3 rings (SSSR count). The number of nitro benzene ring substituents is 1. The Kier molecular flexibility index (Phi) is 6.23. The highest BCUT2D eigenvalue weighted by molar-refractivity contribution is 7.14. The third kappa shape index (κ3) is 5.17. The van der Waals surface area contributed by atoms with Crippen molar-refractivity contribution >= 4 is 28.1 Å². The van der Waals surface area contributed by atoms with E-state index in [2.05, 4.69) is 24.1 Å². The molecule has 0 atom stereocenters. The Morgan fingerprint density at radius 2 is 1.97 bits per heavy atom. The molecule has 1 heterocycles. The van der Waals surface area contributed by atoms with Crippen molar-refractivity contribution in [3.63, 3.8) is 0 Å². The minimum absolute atomic E-state index is 0.0197. The Morgan fingerprint density at radius 1 is 1.24 bits per heavy atom. The van der Waals surface area contributed by atoms with E-state index in [-0.39, 0.29) is 18.2 Å². The van der Waals surface area contributed by atoms with Crippen LogP contribution >= 0.6 is 11.3 Å². The molecule has 0 aliphatic heterocycles. The summed E-state index contributed by atoms with van der Waals surface area (Å²) in [4.78, 5) is 26.8. The molecule has 1 N–H and O–H groups in total. The van der Waals surface area contributed by atoms with Crippen LogP contribution in [-0.2, 0) is 4.79 Å². The molecule has 0 unspecified atom stereocenters. The number of ether oxygens (including phenoxy) is 1. The molecule has 8 heteroatoms. The molecule has 0 aliphatic rings. The number of thiazole rings is 1. The number of nitro groups is 1. The first-order chi connectivity index (χ1) is 13.8. The SMILES string of the molecule is Cc1cc(OCC(=O)Nc2nc(-c3ccc([N+](=O)[O-])cc3)cs2)ccc1C(C)C. The number of amides is 1. The molecule has 0 radical (unpaired) electrons. The number of non-ortho nitro benzene ring substituents is 1. The van der Waals surface area contributed by atoms with E-state index >= 15 is 0 Å². The molecule has 0 spiro atoms. The van der Waals surface area contributed by atoms with E-state index in [1.807, 2.05) is 25.1 Å². The van der Waals surface area contributed by atoms with E-state index in [0.717, 1.165) is 11.1 Å². The third-order valence-electron chi connectivity index (χ3n) is 4.36. The first-order valence-electron chi connectivity index (χ1n) is 9.07. The van der Waals surface area contributed by atoms with Gasteiger partial charge in [-0.2, -0.15) is 0 Å². The molecule has 150 valence electrons. The predicted molar refractivity (Wildman–Crippen MR) is 114 cm³/mol. The molecule has 1 amide bonds. The lowest BCUT2D eigenvalue weighted by atomic mass is 9.98. The van der Waals surface area contributed by atoms with Crippen molar-refractivity contribution in [1.29, 1.82) is 0 Å². The second-order valence-corrected chi connectivity index (χ2v) is 7.71. The van der Waals surface area contributed by atoms with Gasteiger partial charge in [0.1, 0.15) is 5.75 Å². The first kappa shape index (κ1) is 20.5. The topological polar surface area (TPSA) is 94.4 Å². The van der Waals surface area contributed by atoms with Crippen molar-refractivity contribution in [2.24, 2.45) is 0 Å². The second kappa shape index (κ2) is 8.83. The van der Waals surface area contributed by atoms with Gasteiger partial charge in [-0.1, -0.05) is 19.9 Å². The van der Waals surface area contributed by atoms with Gasteiger partial charge in [0.2, 0.25) is 0 Å². The summed E-state index contributed by atoms with van der Waals surface area (Å²) in [6, 6.07) is 11.9. The molecule has 29 heavy (non-hydrogen) atoms. The molecule has 1 aromatic heterocycles. The molecule has 0 saturated heterocycles. The van der Waals surface area contributed by atoms with Gasteiger partial charge >= 0.3 is 0 Å². The summed E-state index contributed by atoms with van der Waals surface area (Å²) in [5.41, 5.74) is 3.78. The molecule has 0 fully saturated rings. The quantitative estimate of drug-likeness (QED) is 0.428. The first-order valence-corrected chi connectivity index (χ1v) is 9.95. The monoisotopic (exact) mass is 411 g/mol. The Morgan fingerprint density at radius 3 is 2.59 bits per heavy atom. The summed E-state index contributed by atoms with van der Waals surface area (Å²) < 4.78 is 5.58. The Bertz CT molecular complexity index is 1030. The van der Waals surface area contributed by atoms with E-state index in [1.165, 1.54) is 29.0 Å². The molecular weight excluding hydrogens is 390 g/mol. The lowest BCUT2D eigenvalue weighted by Crippen LogP contribution is -2.20. The number of nitrogens with zero attached hydrogens (tertiary/aromatic N) is 2.